The van der Waals surface area contributed by atoms with Crippen LogP contribution < -0.4 is 5.32 Å². The molecule has 0 unspecified atom stereocenters. The molecule has 1 saturated carbocycles. The Morgan fingerprint density at radius 2 is 1.97 bits per heavy atom. The zero-order valence-electron chi connectivity index (χ0n) is 18.3. The largest absolute Gasteiger partial charge is 0.391 e. The first-order valence-corrected chi connectivity index (χ1v) is 11.1. The highest BCUT2D eigenvalue weighted by Crippen LogP contribution is 2.32. The normalized spacial score (nSPS) is 19.7. The number of benzene rings is 1. The van der Waals surface area contributed by atoms with Crippen LogP contribution in [-0.4, -0.2) is 27.7 Å². The van der Waals surface area contributed by atoms with Crippen LogP contribution >= 0.6 is 11.6 Å². The number of nitrogens with one attached hydrogen (secondary N) is 1. The fourth-order valence-corrected chi connectivity index (χ4v) is 4.23. The molecule has 1 aliphatic rings. The summed E-state index contributed by atoms with van der Waals surface area (Å²) < 4.78 is 16.7. The van der Waals surface area contributed by atoms with Gasteiger partial charge in [-0.15, -0.1) is 0 Å². The molecule has 1 aromatic carbocycles. The lowest BCUT2D eigenvalue weighted by atomic mass is 9.92. The molecule has 0 radical (unpaired) electrons. The van der Waals surface area contributed by atoms with Gasteiger partial charge in [0.2, 0.25) is 0 Å². The van der Waals surface area contributed by atoms with Gasteiger partial charge >= 0.3 is 0 Å². The third kappa shape index (κ3) is 5.25. The lowest BCUT2D eigenvalue weighted by Crippen LogP contribution is -2.45. The summed E-state index contributed by atoms with van der Waals surface area (Å²) in [6.45, 7) is 9.02. The van der Waals surface area contributed by atoms with Crippen LogP contribution in [0, 0.1) is 18.2 Å². The van der Waals surface area contributed by atoms with Gasteiger partial charge < -0.3 is 15.0 Å². The third-order valence-electron chi connectivity index (χ3n) is 5.95. The van der Waals surface area contributed by atoms with E-state index in [2.05, 4.69) is 26.1 Å². The van der Waals surface area contributed by atoms with E-state index in [4.69, 9.17) is 11.6 Å². The SMILES string of the molecule is Cc1c(C(=O)N[C@@H]2CCCC[C@H]2O)cc(-c2cc(Cl)ccc2F)n1CCC(C)(C)C. The Morgan fingerprint density at radius 3 is 2.63 bits per heavy atom. The Hall–Kier alpha value is -1.85. The van der Waals surface area contributed by atoms with Crippen LogP contribution in [0.4, 0.5) is 4.39 Å². The summed E-state index contributed by atoms with van der Waals surface area (Å²) in [6, 6.07) is 5.98. The molecular formula is C24H32ClFN2O2. The van der Waals surface area contributed by atoms with Crippen molar-refractivity contribution in [3.8, 4) is 11.3 Å². The Labute approximate surface area is 183 Å². The molecule has 0 aliphatic heterocycles. The maximum atomic E-state index is 14.7. The number of rotatable bonds is 5. The third-order valence-corrected chi connectivity index (χ3v) is 6.18. The van der Waals surface area contributed by atoms with Crippen molar-refractivity contribution in [3.63, 3.8) is 0 Å². The summed E-state index contributed by atoms with van der Waals surface area (Å²) in [5.74, 6) is -0.597. The van der Waals surface area contributed by atoms with Crippen LogP contribution in [0.2, 0.25) is 5.02 Å². The van der Waals surface area contributed by atoms with Crippen molar-refractivity contribution in [2.45, 2.75) is 78.5 Å². The number of halogens is 2. The highest BCUT2D eigenvalue weighted by molar-refractivity contribution is 6.30. The highest BCUT2D eigenvalue weighted by Gasteiger charge is 2.27. The van der Waals surface area contributed by atoms with Gasteiger partial charge in [0.25, 0.3) is 5.91 Å². The van der Waals surface area contributed by atoms with Crippen LogP contribution in [0.25, 0.3) is 11.3 Å². The second-order valence-corrected chi connectivity index (χ2v) is 9.98. The number of nitrogens with zero attached hydrogens (tertiary/aromatic N) is 1. The van der Waals surface area contributed by atoms with E-state index in [9.17, 15) is 14.3 Å². The van der Waals surface area contributed by atoms with Crippen molar-refractivity contribution < 1.29 is 14.3 Å². The summed E-state index contributed by atoms with van der Waals surface area (Å²) in [6.07, 6.45) is 3.80. The Balaban J connectivity index is 1.98. The number of carbonyl (C=O) groups excluding carboxylic acids is 1. The minimum Gasteiger partial charge on any atom is -0.391 e. The average Bonchev–Trinajstić information content (AvgIpc) is 2.99. The molecule has 0 spiro atoms. The minimum absolute atomic E-state index is 0.0927. The van der Waals surface area contributed by atoms with E-state index in [0.717, 1.165) is 31.4 Å². The van der Waals surface area contributed by atoms with E-state index in [0.29, 0.717) is 34.8 Å². The van der Waals surface area contributed by atoms with Gasteiger partial charge in [-0.1, -0.05) is 45.2 Å². The van der Waals surface area contributed by atoms with E-state index in [1.807, 2.05) is 11.5 Å². The average molecular weight is 435 g/mol. The monoisotopic (exact) mass is 434 g/mol. The molecule has 1 fully saturated rings. The zero-order valence-corrected chi connectivity index (χ0v) is 19.0. The fourth-order valence-electron chi connectivity index (χ4n) is 4.05. The van der Waals surface area contributed by atoms with Crippen molar-refractivity contribution in [1.29, 1.82) is 0 Å². The lowest BCUT2D eigenvalue weighted by Gasteiger charge is -2.28. The Kier molecular flexibility index (Phi) is 6.93. The predicted molar refractivity (Wildman–Crippen MR) is 119 cm³/mol. The minimum atomic E-state index is -0.518. The predicted octanol–water partition coefficient (Wildman–Crippen LogP) is 5.73. The molecule has 1 heterocycles. The van der Waals surface area contributed by atoms with Gasteiger partial charge in [-0.3, -0.25) is 4.79 Å². The number of hydrogen-bond acceptors (Lipinski definition) is 2. The molecule has 6 heteroatoms. The number of aliphatic hydroxyl groups excluding tert-OH is 1. The summed E-state index contributed by atoms with van der Waals surface area (Å²) >= 11 is 6.14. The number of carbonyl (C=O) groups is 1. The smallest absolute Gasteiger partial charge is 0.253 e. The zero-order chi connectivity index (χ0) is 22.1. The Morgan fingerprint density at radius 1 is 1.27 bits per heavy atom. The van der Waals surface area contributed by atoms with Crippen molar-refractivity contribution in [3.05, 3.63) is 46.4 Å². The molecule has 0 bridgehead atoms. The molecule has 4 nitrogen and oxygen atoms in total. The molecule has 2 atom stereocenters. The van der Waals surface area contributed by atoms with Crippen LogP contribution in [0.3, 0.4) is 0 Å². The quantitative estimate of drug-likeness (QED) is 0.631. The molecule has 1 aliphatic carbocycles. The van der Waals surface area contributed by atoms with Gasteiger partial charge in [-0.05, 0) is 55.9 Å². The molecular weight excluding hydrogens is 403 g/mol. The Bertz CT molecular complexity index is 917. The molecule has 1 aromatic heterocycles. The molecule has 164 valence electrons. The highest BCUT2D eigenvalue weighted by atomic mass is 35.5. The van der Waals surface area contributed by atoms with E-state index in [1.165, 1.54) is 12.1 Å². The number of aliphatic hydroxyl groups is 1. The summed E-state index contributed by atoms with van der Waals surface area (Å²) in [4.78, 5) is 13.1. The van der Waals surface area contributed by atoms with E-state index in [-0.39, 0.29) is 23.2 Å². The van der Waals surface area contributed by atoms with Gasteiger partial charge in [0.1, 0.15) is 5.82 Å². The summed E-state index contributed by atoms with van der Waals surface area (Å²) in [7, 11) is 0. The maximum absolute atomic E-state index is 14.7. The topological polar surface area (TPSA) is 54.3 Å². The van der Waals surface area contributed by atoms with Crippen molar-refractivity contribution in [2.24, 2.45) is 5.41 Å². The van der Waals surface area contributed by atoms with Gasteiger partial charge in [-0.25, -0.2) is 4.39 Å². The van der Waals surface area contributed by atoms with Gasteiger partial charge in [0.05, 0.1) is 23.4 Å². The molecule has 3 rings (SSSR count). The second kappa shape index (κ2) is 9.11. The van der Waals surface area contributed by atoms with Crippen molar-refractivity contribution in [2.75, 3.05) is 0 Å². The van der Waals surface area contributed by atoms with Crippen LogP contribution in [0.5, 0.6) is 0 Å². The number of amides is 1. The van der Waals surface area contributed by atoms with Crippen LogP contribution in [0.15, 0.2) is 24.3 Å². The van der Waals surface area contributed by atoms with Gasteiger partial charge in [-0.2, -0.15) is 0 Å². The summed E-state index contributed by atoms with van der Waals surface area (Å²) in [5, 5.41) is 13.7. The van der Waals surface area contributed by atoms with E-state index < -0.39 is 6.10 Å². The number of aromatic nitrogens is 1. The molecule has 0 saturated heterocycles. The maximum Gasteiger partial charge on any atom is 0.253 e. The lowest BCUT2D eigenvalue weighted by molar-refractivity contribution is 0.0716. The van der Waals surface area contributed by atoms with Crippen LogP contribution in [0.1, 0.15) is 68.9 Å². The first-order valence-electron chi connectivity index (χ1n) is 10.7. The molecule has 2 aromatic rings. The van der Waals surface area contributed by atoms with Crippen molar-refractivity contribution in [1.82, 2.24) is 9.88 Å². The molecule has 1 amide bonds. The first-order chi connectivity index (χ1) is 14.1. The standard InChI is InChI=1S/C24H32ClFN2O2/c1-15-17(23(30)27-20-7-5-6-8-22(20)29)14-21(28(15)12-11-24(2,3)4)18-13-16(25)9-10-19(18)26/h9-10,13-14,20,22,29H,5-8,11-12H2,1-4H3,(H,27,30)/t20-,22-/m1/s1. The van der Waals surface area contributed by atoms with Crippen LogP contribution in [-0.2, 0) is 6.54 Å². The molecule has 2 N–H and O–H groups in total. The molecule has 30 heavy (non-hydrogen) atoms. The van der Waals surface area contributed by atoms with E-state index >= 15 is 0 Å². The first kappa shape index (κ1) is 22.8. The van der Waals surface area contributed by atoms with Crippen molar-refractivity contribution >= 4 is 17.5 Å². The summed E-state index contributed by atoms with van der Waals surface area (Å²) in [5.41, 5.74) is 2.42. The van der Waals surface area contributed by atoms with Gasteiger partial charge in [0.15, 0.2) is 0 Å². The second-order valence-electron chi connectivity index (χ2n) is 9.55. The number of hydrogen-bond donors (Lipinski definition) is 2. The van der Waals surface area contributed by atoms with Gasteiger partial charge in [0, 0.05) is 22.8 Å². The van der Waals surface area contributed by atoms with E-state index in [1.54, 1.807) is 12.1 Å². The fraction of sp³-hybridized carbons (Fsp3) is 0.542.